The lowest BCUT2D eigenvalue weighted by atomic mass is 9.83. The zero-order valence-electron chi connectivity index (χ0n) is 30.2. The molecule has 1 aromatic heterocycles. The lowest BCUT2D eigenvalue weighted by Crippen LogP contribution is -2.44. The molecular weight excluding hydrogens is 661 g/mol. The molecule has 0 unspecified atom stereocenters. The zero-order chi connectivity index (χ0) is 36.7. The van der Waals surface area contributed by atoms with E-state index in [1.165, 1.54) is 17.2 Å². The van der Waals surface area contributed by atoms with Gasteiger partial charge in [-0.1, -0.05) is 56.7 Å². The highest BCUT2D eigenvalue weighted by atomic mass is 32.2. The van der Waals surface area contributed by atoms with Crippen molar-refractivity contribution < 1.29 is 27.3 Å². The molecule has 0 spiro atoms. The number of fused-ring (bicyclic) bond motifs is 3. The van der Waals surface area contributed by atoms with Crippen molar-refractivity contribution >= 4 is 50.1 Å². The number of carboxylic acid groups (broad SMARTS) is 1. The molecule has 0 bridgehead atoms. The fourth-order valence-electron chi connectivity index (χ4n) is 7.76. The van der Waals surface area contributed by atoms with E-state index in [4.69, 9.17) is 9.52 Å². The first-order valence-corrected chi connectivity index (χ1v) is 19.0. The fourth-order valence-corrected chi connectivity index (χ4v) is 8.27. The van der Waals surface area contributed by atoms with Crippen LogP contribution >= 0.6 is 0 Å². The number of aliphatic carboxylic acids is 1. The quantitative estimate of drug-likeness (QED) is 0.0901. The third-order valence-corrected chi connectivity index (χ3v) is 11.1. The normalized spacial score (nSPS) is 17.2. The number of unbranched alkanes of at least 4 members (excludes halogenated alkanes) is 2. The van der Waals surface area contributed by atoms with Crippen LogP contribution < -0.4 is 9.80 Å². The van der Waals surface area contributed by atoms with E-state index in [-0.39, 0.29) is 16.9 Å². The maximum Gasteiger partial charge on any atom is 0.363 e. The Morgan fingerprint density at radius 1 is 0.941 bits per heavy atom. The highest BCUT2D eigenvalue weighted by molar-refractivity contribution is 7.85. The summed E-state index contributed by atoms with van der Waals surface area (Å²) in [6.07, 6.45) is 10.8. The van der Waals surface area contributed by atoms with Gasteiger partial charge in [-0.05, 0) is 94.1 Å². The molecule has 2 aliphatic rings. The monoisotopic (exact) mass is 707 g/mol. The first kappa shape index (κ1) is 36.1. The van der Waals surface area contributed by atoms with Crippen LogP contribution in [0.2, 0.25) is 0 Å². The fraction of sp³-hybridized carbons (Fsp3) is 0.333. The second-order valence-corrected chi connectivity index (χ2v) is 16.0. The van der Waals surface area contributed by atoms with Crippen LogP contribution in [0.4, 0.5) is 11.4 Å². The Bertz CT molecular complexity index is 2200. The molecule has 2 N–H and O–H groups in total. The molecule has 3 heterocycles. The Morgan fingerprint density at radius 2 is 1.69 bits per heavy atom. The molecular formula is C42H47N2O6S+. The smallest absolute Gasteiger partial charge is 0.363 e. The van der Waals surface area contributed by atoms with Gasteiger partial charge < -0.3 is 14.9 Å². The van der Waals surface area contributed by atoms with Crippen LogP contribution in [-0.4, -0.2) is 42.7 Å². The number of hydrogen-bond acceptors (Lipinski definition) is 5. The number of nitrogens with zero attached hydrogens (tertiary/aromatic N) is 2. The second-order valence-electron chi connectivity index (χ2n) is 14.6. The molecule has 0 aliphatic carbocycles. The van der Waals surface area contributed by atoms with Crippen LogP contribution in [0, 0.1) is 0 Å². The van der Waals surface area contributed by atoms with Crippen molar-refractivity contribution in [1.29, 1.82) is 0 Å². The van der Waals surface area contributed by atoms with E-state index in [2.05, 4.69) is 87.8 Å². The number of allylic oxidation sites excluding steroid dienone is 4. The minimum absolute atomic E-state index is 0.125. The first-order valence-electron chi connectivity index (χ1n) is 17.6. The van der Waals surface area contributed by atoms with E-state index in [0.717, 1.165) is 69.9 Å². The van der Waals surface area contributed by atoms with Gasteiger partial charge in [-0.15, -0.1) is 0 Å². The minimum atomic E-state index is -4.39. The summed E-state index contributed by atoms with van der Waals surface area (Å²) in [5, 5.41) is 10.1. The number of carboxylic acids is 1. The van der Waals surface area contributed by atoms with Gasteiger partial charge in [0.15, 0.2) is 0 Å². The molecule has 0 saturated heterocycles. The maximum absolute atomic E-state index is 12.1. The molecule has 3 aromatic carbocycles. The van der Waals surface area contributed by atoms with Gasteiger partial charge >= 0.3 is 17.3 Å². The Morgan fingerprint density at radius 3 is 2.37 bits per heavy atom. The third kappa shape index (κ3) is 7.10. The van der Waals surface area contributed by atoms with Crippen LogP contribution in [0.1, 0.15) is 83.9 Å². The van der Waals surface area contributed by atoms with E-state index >= 15 is 0 Å². The van der Waals surface area contributed by atoms with Crippen molar-refractivity contribution in [2.24, 2.45) is 0 Å². The molecule has 0 radical (unpaired) electrons. The molecule has 0 amide bonds. The summed E-state index contributed by atoms with van der Waals surface area (Å²) in [6.45, 7) is 14.4. The predicted octanol–water partition coefficient (Wildman–Crippen LogP) is 9.99. The van der Waals surface area contributed by atoms with Crippen LogP contribution in [0.15, 0.2) is 100.0 Å². The summed E-state index contributed by atoms with van der Waals surface area (Å²) < 4.78 is 40.7. The third-order valence-electron chi connectivity index (χ3n) is 10.2. The highest BCUT2D eigenvalue weighted by Gasteiger charge is 2.40. The lowest BCUT2D eigenvalue weighted by Gasteiger charge is -2.42. The van der Waals surface area contributed by atoms with Crippen molar-refractivity contribution in [1.82, 2.24) is 0 Å². The van der Waals surface area contributed by atoms with Gasteiger partial charge in [-0.25, -0.2) is 4.42 Å². The summed E-state index contributed by atoms with van der Waals surface area (Å²) in [5.41, 5.74) is 8.25. The van der Waals surface area contributed by atoms with E-state index in [9.17, 15) is 17.8 Å². The highest BCUT2D eigenvalue weighted by Crippen LogP contribution is 2.49. The van der Waals surface area contributed by atoms with Gasteiger partial charge in [-0.3, -0.25) is 9.35 Å². The first-order chi connectivity index (χ1) is 24.1. The molecule has 51 heavy (non-hydrogen) atoms. The van der Waals surface area contributed by atoms with Gasteiger partial charge in [0.2, 0.25) is 0 Å². The maximum atomic E-state index is 12.1. The molecule has 8 nitrogen and oxygen atoms in total. The summed E-state index contributed by atoms with van der Waals surface area (Å²) in [7, 11) is -4.39. The Labute approximate surface area is 301 Å². The molecule has 9 heteroatoms. The number of hydrogen-bond donors (Lipinski definition) is 2. The Hall–Kier alpha value is -4.73. The molecule has 2 aliphatic heterocycles. The predicted molar refractivity (Wildman–Crippen MR) is 207 cm³/mol. The van der Waals surface area contributed by atoms with Gasteiger partial charge in [0.25, 0.3) is 10.1 Å². The summed E-state index contributed by atoms with van der Waals surface area (Å²) in [5.74, 6) is -0.0453. The molecule has 0 saturated carbocycles. The van der Waals surface area contributed by atoms with Crippen molar-refractivity contribution in [2.45, 2.75) is 83.1 Å². The molecule has 0 fully saturated rings. The largest absolute Gasteiger partial charge is 0.481 e. The van der Waals surface area contributed by atoms with Gasteiger partial charge in [-0.2, -0.15) is 8.42 Å². The summed E-state index contributed by atoms with van der Waals surface area (Å²) >= 11 is 0. The zero-order valence-corrected chi connectivity index (χ0v) is 31.0. The number of likely N-dealkylation sites (N-methyl/N-ethyl adjacent to an activating group) is 1. The molecule has 6 rings (SSSR count). The Kier molecular flexibility index (Phi) is 9.74. The summed E-state index contributed by atoms with van der Waals surface area (Å²) in [6, 6.07) is 21.3. The van der Waals surface area contributed by atoms with Gasteiger partial charge in [0.05, 0.1) is 39.2 Å². The topological polar surface area (TPSA) is 109 Å². The van der Waals surface area contributed by atoms with Crippen molar-refractivity contribution in [2.75, 3.05) is 22.9 Å². The van der Waals surface area contributed by atoms with Crippen molar-refractivity contribution in [3.05, 3.63) is 107 Å². The van der Waals surface area contributed by atoms with Crippen LogP contribution in [-0.2, 0) is 20.3 Å². The SMILES string of the molecule is CCN1c2cc3[o+]c(-c4ccccc4)cc(/C=C/C=C4/N(CCCCCC(=O)O)c5ccc(S(=O)(=O)O)cc5C4(C)C)c3cc2C(C)=CC1(C)C. The van der Waals surface area contributed by atoms with Crippen LogP contribution in [0.5, 0.6) is 0 Å². The second kappa shape index (κ2) is 13.8. The number of rotatable bonds is 11. The van der Waals surface area contributed by atoms with Gasteiger partial charge in [0, 0.05) is 47.4 Å². The minimum Gasteiger partial charge on any atom is -0.481 e. The standard InChI is InChI=1S/C42H46N2O6S/c1-7-44-36-26-38-33(25-32(36)28(2)27-41(44,3)4)30(23-37(50-38)29-15-10-8-11-16-29)17-14-18-39-42(5,6)34-24-31(51(47,48)49)20-21-35(34)43(39)22-13-9-12-19-40(45)46/h8,10-11,14-18,20-21,23-27H,7,9,12-13,19,22H2,1-6H3,(H-,45,46,47,48,49)/p+1/b17-14+,39-18+. The van der Waals surface area contributed by atoms with E-state index < -0.39 is 21.5 Å². The van der Waals surface area contributed by atoms with Crippen molar-refractivity contribution in [3.63, 3.8) is 0 Å². The van der Waals surface area contributed by atoms with E-state index in [1.807, 2.05) is 36.4 Å². The van der Waals surface area contributed by atoms with E-state index in [1.54, 1.807) is 12.1 Å². The summed E-state index contributed by atoms with van der Waals surface area (Å²) in [4.78, 5) is 15.5. The van der Waals surface area contributed by atoms with Gasteiger partial charge in [0.1, 0.15) is 0 Å². The molecule has 4 aromatic rings. The van der Waals surface area contributed by atoms with E-state index in [0.29, 0.717) is 13.0 Å². The average Bonchev–Trinajstić information content (AvgIpc) is 3.28. The average molecular weight is 708 g/mol. The Balaban J connectivity index is 1.46. The van der Waals surface area contributed by atoms with Crippen molar-refractivity contribution in [3.8, 4) is 11.3 Å². The number of carbonyl (C=O) groups is 1. The number of benzene rings is 3. The number of anilines is 2. The molecule has 266 valence electrons. The van der Waals surface area contributed by atoms with Crippen LogP contribution in [0.3, 0.4) is 0 Å². The molecule has 0 atom stereocenters. The van der Waals surface area contributed by atoms with Crippen LogP contribution in [0.25, 0.3) is 33.9 Å². The lowest BCUT2D eigenvalue weighted by molar-refractivity contribution is -0.137.